The summed E-state index contributed by atoms with van der Waals surface area (Å²) in [5.41, 5.74) is -1.18. The van der Waals surface area contributed by atoms with Gasteiger partial charge in [0.2, 0.25) is 6.17 Å². The molecule has 4 aliphatic heterocycles. The lowest BCUT2D eigenvalue weighted by atomic mass is 9.53. The van der Waals surface area contributed by atoms with Crippen LogP contribution in [0.3, 0.4) is 0 Å². The highest BCUT2D eigenvalue weighted by Crippen LogP contribution is 2.48. The van der Waals surface area contributed by atoms with Gasteiger partial charge in [0.05, 0.1) is 5.56 Å². The Morgan fingerprint density at radius 3 is 1.80 bits per heavy atom. The molecule has 0 spiro atoms. The van der Waals surface area contributed by atoms with E-state index in [-0.39, 0.29) is 16.0 Å². The van der Waals surface area contributed by atoms with Crippen molar-refractivity contribution >= 4 is 0 Å². The predicted molar refractivity (Wildman–Crippen MR) is 88.5 cm³/mol. The highest BCUT2D eigenvalue weighted by Gasteiger charge is 2.87. The fraction of sp³-hybridized carbons (Fsp3) is 0.647. The van der Waals surface area contributed by atoms with Gasteiger partial charge in [-0.25, -0.2) is 0 Å². The van der Waals surface area contributed by atoms with Crippen LogP contribution < -0.4 is 9.80 Å². The number of nitro groups is 2. The van der Waals surface area contributed by atoms with E-state index >= 15 is 0 Å². The van der Waals surface area contributed by atoms with Gasteiger partial charge in [-0.1, -0.05) is 18.2 Å². The molecule has 134 valence electrons. The Bertz CT molecular complexity index is 726. The van der Waals surface area contributed by atoms with Crippen molar-refractivity contribution in [1.29, 1.82) is 0 Å². The van der Waals surface area contributed by atoms with Gasteiger partial charge in [-0.05, 0) is 32.4 Å². The van der Waals surface area contributed by atoms with Crippen molar-refractivity contribution in [1.82, 2.24) is 0 Å². The Morgan fingerprint density at radius 2 is 1.40 bits per heavy atom. The molecule has 25 heavy (non-hydrogen) atoms. The Balaban J connectivity index is 1.87. The summed E-state index contributed by atoms with van der Waals surface area (Å²) in [7, 11) is 0. The maximum Gasteiger partial charge on any atom is 0.329 e. The van der Waals surface area contributed by atoms with E-state index in [9.17, 15) is 20.2 Å². The van der Waals surface area contributed by atoms with E-state index in [2.05, 4.69) is 6.07 Å². The van der Waals surface area contributed by atoms with Crippen LogP contribution in [0.15, 0.2) is 24.3 Å². The molecule has 4 bridgehead atoms. The quantitative estimate of drug-likeness (QED) is 0.533. The number of nitrogens with one attached hydrogen (secondary N) is 2. The van der Waals surface area contributed by atoms with Gasteiger partial charge in [-0.3, -0.25) is 30.0 Å². The van der Waals surface area contributed by atoms with Crippen LogP contribution in [0.1, 0.15) is 31.1 Å². The molecular formula is C17H24N4O4+2. The summed E-state index contributed by atoms with van der Waals surface area (Å²) in [4.78, 5) is 25.7. The largest absolute Gasteiger partial charge is 0.329 e. The molecule has 0 saturated carbocycles. The highest BCUT2D eigenvalue weighted by molar-refractivity contribution is 5.27. The first-order chi connectivity index (χ1) is 11.7. The minimum Gasteiger partial charge on any atom is -0.270 e. The topological polar surface area (TPSA) is 95.2 Å². The maximum atomic E-state index is 12.1. The summed E-state index contributed by atoms with van der Waals surface area (Å²) in [5.74, 6) is 0. The fourth-order valence-corrected chi connectivity index (χ4v) is 5.83. The predicted octanol–water partition coefficient (Wildman–Crippen LogP) is -1.14. The lowest BCUT2D eigenvalue weighted by molar-refractivity contribution is -1.20. The summed E-state index contributed by atoms with van der Waals surface area (Å²) in [6.07, 6.45) is 0.0402. The second-order valence-electron chi connectivity index (χ2n) is 8.52. The third-order valence-electron chi connectivity index (χ3n) is 7.42. The first kappa shape index (κ1) is 16.4. The average molecular weight is 348 g/mol. The highest BCUT2D eigenvalue weighted by atomic mass is 16.6. The molecule has 0 radical (unpaired) electrons. The Morgan fingerprint density at radius 1 is 0.960 bits per heavy atom. The lowest BCUT2D eigenvalue weighted by Gasteiger charge is -2.60. The zero-order valence-electron chi connectivity index (χ0n) is 14.7. The van der Waals surface area contributed by atoms with Crippen LogP contribution in [0.5, 0.6) is 0 Å². The van der Waals surface area contributed by atoms with E-state index in [0.29, 0.717) is 26.2 Å². The Kier molecular flexibility index (Phi) is 3.13. The summed E-state index contributed by atoms with van der Waals surface area (Å²) < 4.78 is 0. The van der Waals surface area contributed by atoms with Gasteiger partial charge in [0, 0.05) is 9.85 Å². The van der Waals surface area contributed by atoms with E-state index in [0.717, 1.165) is 20.9 Å². The van der Waals surface area contributed by atoms with Crippen LogP contribution in [0.4, 0.5) is 0 Å². The first-order valence-electron chi connectivity index (χ1n) is 8.70. The summed E-state index contributed by atoms with van der Waals surface area (Å²) in [6, 6.07) is 8.05. The summed E-state index contributed by atoms with van der Waals surface area (Å²) in [5, 5.41) is 24.2. The Hall–Kier alpha value is -2.06. The van der Waals surface area contributed by atoms with Gasteiger partial charge in [-0.2, -0.15) is 0 Å². The molecule has 1 aromatic rings. The molecule has 0 amide bonds. The number of hydrogen-bond acceptors (Lipinski definition) is 4. The number of hydrogen-bond donors (Lipinski definition) is 2. The van der Waals surface area contributed by atoms with Crippen molar-refractivity contribution in [2.24, 2.45) is 5.41 Å². The van der Waals surface area contributed by atoms with Gasteiger partial charge in [-0.15, -0.1) is 0 Å². The lowest BCUT2D eigenvalue weighted by Crippen LogP contribution is -3.43. The average Bonchev–Trinajstić information content (AvgIpc) is 2.52. The number of quaternary nitrogens is 2. The van der Waals surface area contributed by atoms with Crippen LogP contribution in [-0.4, -0.2) is 47.1 Å². The van der Waals surface area contributed by atoms with Crippen molar-refractivity contribution in [3.8, 4) is 0 Å². The van der Waals surface area contributed by atoms with Gasteiger partial charge >= 0.3 is 11.1 Å². The normalized spacial score (nSPS) is 40.8. The molecule has 1 aromatic carbocycles. The van der Waals surface area contributed by atoms with Crippen LogP contribution in [0, 0.1) is 32.6 Å². The molecule has 4 aliphatic rings. The van der Waals surface area contributed by atoms with Gasteiger partial charge in [0.25, 0.3) is 0 Å². The summed E-state index contributed by atoms with van der Waals surface area (Å²) >= 11 is 0. The van der Waals surface area contributed by atoms with Crippen molar-refractivity contribution in [2.45, 2.75) is 38.0 Å². The second-order valence-corrected chi connectivity index (χ2v) is 8.52. The van der Waals surface area contributed by atoms with Crippen molar-refractivity contribution in [3.05, 3.63) is 55.6 Å². The third-order valence-corrected chi connectivity index (χ3v) is 7.42. The van der Waals surface area contributed by atoms with E-state index in [1.807, 2.05) is 25.1 Å². The number of benzene rings is 1. The molecule has 0 unspecified atom stereocenters. The zero-order valence-corrected chi connectivity index (χ0v) is 14.7. The smallest absolute Gasteiger partial charge is 0.270 e. The van der Waals surface area contributed by atoms with E-state index in [1.165, 1.54) is 0 Å². The number of rotatable bonds is 3. The zero-order chi connectivity index (χ0) is 18.2. The Labute approximate surface area is 145 Å². The molecule has 0 aromatic heterocycles. The maximum absolute atomic E-state index is 12.1. The monoisotopic (exact) mass is 348 g/mol. The molecule has 8 heteroatoms. The SMILES string of the molecule is Cc1ccccc1C1[NH+]2CC3([N+](=O)[O-])C[NH+]1CC([N+](=O)[O-])(C2)C3(C)C. The van der Waals surface area contributed by atoms with Crippen molar-refractivity contribution in [2.75, 3.05) is 26.2 Å². The van der Waals surface area contributed by atoms with Crippen molar-refractivity contribution < 1.29 is 19.6 Å². The van der Waals surface area contributed by atoms with E-state index in [1.54, 1.807) is 13.8 Å². The number of nitrogens with zero attached hydrogens (tertiary/aromatic N) is 2. The molecule has 0 atom stereocenters. The van der Waals surface area contributed by atoms with Gasteiger partial charge < -0.3 is 0 Å². The number of piperidine rings is 2. The van der Waals surface area contributed by atoms with E-state index in [4.69, 9.17) is 0 Å². The first-order valence-corrected chi connectivity index (χ1v) is 8.70. The van der Waals surface area contributed by atoms with Gasteiger partial charge in [0.15, 0.2) is 26.2 Å². The summed E-state index contributed by atoms with van der Waals surface area (Å²) in [6.45, 7) is 6.92. The second kappa shape index (κ2) is 4.76. The molecular weight excluding hydrogens is 324 g/mol. The molecule has 4 heterocycles. The molecule has 5 rings (SSSR count). The van der Waals surface area contributed by atoms with Crippen LogP contribution in [-0.2, 0) is 0 Å². The third kappa shape index (κ3) is 1.73. The molecule has 8 nitrogen and oxygen atoms in total. The molecule has 2 N–H and O–H groups in total. The van der Waals surface area contributed by atoms with Crippen LogP contribution in [0.2, 0.25) is 0 Å². The van der Waals surface area contributed by atoms with Gasteiger partial charge in [0.1, 0.15) is 5.41 Å². The minimum atomic E-state index is -1.25. The molecule has 0 aliphatic carbocycles. The van der Waals surface area contributed by atoms with Crippen LogP contribution in [0.25, 0.3) is 0 Å². The molecule has 4 fully saturated rings. The number of aryl methyl sites for hydroxylation is 1. The molecule has 4 saturated heterocycles. The van der Waals surface area contributed by atoms with Crippen LogP contribution >= 0.6 is 0 Å². The standard InChI is InChI=1S/C17H22N4O4/c1-12-6-4-5-7-13(12)14-18-8-16(20(22)23)9-19(14)11-17(10-18,21(24)25)15(16,2)3/h4-7,14H,8-11H2,1-3H3/p+2. The van der Waals surface area contributed by atoms with E-state index < -0.39 is 16.5 Å². The minimum absolute atomic E-state index is 0.0402. The fourth-order valence-electron chi connectivity index (χ4n) is 5.83. The van der Waals surface area contributed by atoms with Crippen molar-refractivity contribution in [3.63, 3.8) is 0 Å².